The predicted molar refractivity (Wildman–Crippen MR) is 171 cm³/mol. The van der Waals surface area contributed by atoms with E-state index >= 15 is 0 Å². The van der Waals surface area contributed by atoms with Gasteiger partial charge >= 0.3 is 0 Å². The second kappa shape index (κ2) is 13.0. The molecule has 3 aromatic carbocycles. The minimum Gasteiger partial charge on any atom is -0.497 e. The number of hydrogen-bond acceptors (Lipinski definition) is 5. The number of nitrogens with one attached hydrogen (secondary N) is 3. The Labute approximate surface area is 253 Å². The number of rotatable bonds is 12. The molecule has 1 aromatic heterocycles. The molecular formula is C35H42N4O4. The third-order valence-corrected chi connectivity index (χ3v) is 8.49. The van der Waals surface area contributed by atoms with Gasteiger partial charge in [0.2, 0.25) is 5.91 Å². The van der Waals surface area contributed by atoms with Gasteiger partial charge in [-0.15, -0.1) is 0 Å². The van der Waals surface area contributed by atoms with Crippen LogP contribution in [0.2, 0.25) is 0 Å². The van der Waals surface area contributed by atoms with Crippen LogP contribution in [0.1, 0.15) is 60.7 Å². The highest BCUT2D eigenvalue weighted by Crippen LogP contribution is 2.33. The molecule has 1 aliphatic heterocycles. The number of benzene rings is 3. The molecule has 8 heteroatoms. The van der Waals surface area contributed by atoms with E-state index in [-0.39, 0.29) is 18.4 Å². The Kier molecular flexibility index (Phi) is 9.18. The first-order valence-electron chi connectivity index (χ1n) is 15.1. The van der Waals surface area contributed by atoms with Gasteiger partial charge in [0.15, 0.2) is 0 Å². The summed E-state index contributed by atoms with van der Waals surface area (Å²) in [6.45, 7) is 7.06. The highest BCUT2D eigenvalue weighted by molar-refractivity contribution is 6.08. The van der Waals surface area contributed by atoms with Crippen LogP contribution in [-0.2, 0) is 23.2 Å². The third kappa shape index (κ3) is 6.76. The van der Waals surface area contributed by atoms with Crippen LogP contribution in [0.3, 0.4) is 0 Å². The van der Waals surface area contributed by atoms with Crippen LogP contribution in [0.15, 0.2) is 72.9 Å². The summed E-state index contributed by atoms with van der Waals surface area (Å²) in [5.74, 6) is 0.543. The number of fused-ring (bicyclic) bond motifs is 1. The van der Waals surface area contributed by atoms with E-state index in [4.69, 9.17) is 4.74 Å². The molecule has 0 aliphatic carbocycles. The van der Waals surface area contributed by atoms with E-state index < -0.39 is 17.7 Å². The summed E-state index contributed by atoms with van der Waals surface area (Å²) in [6.07, 6.45) is 3.62. The minimum atomic E-state index is -0.879. The second-order valence-electron chi connectivity index (χ2n) is 11.8. The number of aromatic nitrogens is 1. The van der Waals surface area contributed by atoms with E-state index in [1.807, 2.05) is 66.9 Å². The highest BCUT2D eigenvalue weighted by Gasteiger charge is 2.29. The number of amides is 2. The zero-order valence-corrected chi connectivity index (χ0v) is 25.4. The summed E-state index contributed by atoms with van der Waals surface area (Å²) in [5, 5.41) is 19.1. The number of hydrogen-bond donors (Lipinski definition) is 4. The van der Waals surface area contributed by atoms with Crippen LogP contribution in [0.4, 0.5) is 5.69 Å². The van der Waals surface area contributed by atoms with E-state index in [1.165, 1.54) is 0 Å². The van der Waals surface area contributed by atoms with Gasteiger partial charge in [-0.2, -0.15) is 0 Å². The Bertz CT molecular complexity index is 1580. The van der Waals surface area contributed by atoms with Gasteiger partial charge in [-0.1, -0.05) is 49.4 Å². The van der Waals surface area contributed by atoms with Crippen LogP contribution in [0.5, 0.6) is 5.75 Å². The van der Waals surface area contributed by atoms with E-state index in [1.54, 1.807) is 18.1 Å². The molecule has 1 aliphatic rings. The average Bonchev–Trinajstić information content (AvgIpc) is 3.65. The molecule has 0 spiro atoms. The number of aliphatic hydroxyl groups excluding tert-OH is 1. The van der Waals surface area contributed by atoms with E-state index in [0.717, 1.165) is 51.9 Å². The van der Waals surface area contributed by atoms with Crippen molar-refractivity contribution in [1.82, 2.24) is 15.6 Å². The van der Waals surface area contributed by atoms with Crippen LogP contribution in [-0.4, -0.2) is 54.2 Å². The van der Waals surface area contributed by atoms with Gasteiger partial charge in [0.25, 0.3) is 5.91 Å². The van der Waals surface area contributed by atoms with Gasteiger partial charge in [0, 0.05) is 42.2 Å². The Morgan fingerprint density at radius 1 is 1.12 bits per heavy atom. The molecule has 2 heterocycles. The summed E-state index contributed by atoms with van der Waals surface area (Å²) in [6, 6.07) is 20.8. The summed E-state index contributed by atoms with van der Waals surface area (Å²) in [5.41, 5.74) is 4.73. The van der Waals surface area contributed by atoms with Crippen LogP contribution < -0.4 is 20.3 Å². The lowest BCUT2D eigenvalue weighted by Gasteiger charge is -2.31. The number of H-pyrrole nitrogens is 1. The number of aliphatic hydroxyl groups is 1. The number of aromatic amines is 1. The van der Waals surface area contributed by atoms with Gasteiger partial charge in [-0.05, 0) is 74.1 Å². The number of carbonyl (C=O) groups is 2. The Morgan fingerprint density at radius 3 is 2.60 bits per heavy atom. The normalized spacial score (nSPS) is 15.1. The number of aryl methyl sites for hydroxylation is 1. The third-order valence-electron chi connectivity index (χ3n) is 8.49. The van der Waals surface area contributed by atoms with Crippen molar-refractivity contribution in [3.63, 3.8) is 0 Å². The molecule has 2 atom stereocenters. The summed E-state index contributed by atoms with van der Waals surface area (Å²) in [4.78, 5) is 31.7. The van der Waals surface area contributed by atoms with Crippen molar-refractivity contribution >= 4 is 28.4 Å². The molecule has 2 amide bonds. The summed E-state index contributed by atoms with van der Waals surface area (Å²) < 4.78 is 5.40. The maximum absolute atomic E-state index is 13.9. The molecule has 4 N–H and O–H groups in total. The number of ether oxygens (including phenoxy) is 1. The van der Waals surface area contributed by atoms with Gasteiger partial charge < -0.3 is 30.4 Å². The second-order valence-corrected chi connectivity index (χ2v) is 11.8. The lowest BCUT2D eigenvalue weighted by Crippen LogP contribution is -2.51. The van der Waals surface area contributed by atoms with Crippen molar-refractivity contribution in [3.8, 4) is 5.75 Å². The van der Waals surface area contributed by atoms with Crippen LogP contribution in [0, 0.1) is 0 Å². The lowest BCUT2D eigenvalue weighted by atomic mass is 9.93. The van der Waals surface area contributed by atoms with Crippen molar-refractivity contribution in [1.29, 1.82) is 0 Å². The van der Waals surface area contributed by atoms with Crippen LogP contribution >= 0.6 is 0 Å². The Hall–Kier alpha value is -4.14. The summed E-state index contributed by atoms with van der Waals surface area (Å²) >= 11 is 0. The molecule has 1 fully saturated rings. The molecule has 0 unspecified atom stereocenters. The van der Waals surface area contributed by atoms with Gasteiger partial charge in [0.05, 0.1) is 30.5 Å². The van der Waals surface area contributed by atoms with E-state index in [2.05, 4.69) is 36.4 Å². The topological polar surface area (TPSA) is 107 Å². The first-order valence-corrected chi connectivity index (χ1v) is 15.1. The molecule has 4 aromatic rings. The monoisotopic (exact) mass is 582 g/mol. The van der Waals surface area contributed by atoms with Crippen molar-refractivity contribution in [2.24, 2.45) is 0 Å². The van der Waals surface area contributed by atoms with Crippen molar-refractivity contribution < 1.29 is 19.4 Å². The largest absolute Gasteiger partial charge is 0.497 e. The molecule has 0 saturated carbocycles. The number of methoxy groups -OCH3 is 1. The first-order chi connectivity index (χ1) is 20.7. The zero-order chi connectivity index (χ0) is 30.6. The predicted octanol–water partition coefficient (Wildman–Crippen LogP) is 5.09. The molecular weight excluding hydrogens is 540 g/mol. The standard InChI is InChI=1S/C35H42N4O4/c1-5-24-21-36-33-28(24)18-25(19-30(33)39-16-10-15-32(39)41)34(42)38-29(17-23-11-7-6-8-12-23)31(40)22-37-35(2,3)26-13-9-14-27(20-26)43-4/h6-9,11-14,18-21,29,31,36-37,40H,5,10,15-17,22H2,1-4H3,(H,38,42)/t29-,31-/m0/s1. The Morgan fingerprint density at radius 2 is 1.91 bits per heavy atom. The van der Waals surface area contributed by atoms with Crippen molar-refractivity contribution in [3.05, 3.63) is 95.2 Å². The van der Waals surface area contributed by atoms with Crippen molar-refractivity contribution in [2.45, 2.75) is 64.1 Å². The number of nitrogens with zero attached hydrogens (tertiary/aromatic N) is 1. The molecule has 5 rings (SSSR count). The fourth-order valence-corrected chi connectivity index (χ4v) is 5.83. The van der Waals surface area contributed by atoms with E-state index in [9.17, 15) is 14.7 Å². The van der Waals surface area contributed by atoms with E-state index in [0.29, 0.717) is 24.9 Å². The smallest absolute Gasteiger partial charge is 0.251 e. The van der Waals surface area contributed by atoms with Gasteiger partial charge in [-0.25, -0.2) is 0 Å². The minimum absolute atomic E-state index is 0.0635. The Balaban J connectivity index is 1.40. The molecule has 8 nitrogen and oxygen atoms in total. The highest BCUT2D eigenvalue weighted by atomic mass is 16.5. The molecule has 0 bridgehead atoms. The maximum Gasteiger partial charge on any atom is 0.251 e. The first kappa shape index (κ1) is 30.3. The summed E-state index contributed by atoms with van der Waals surface area (Å²) in [7, 11) is 1.64. The van der Waals surface area contributed by atoms with Crippen molar-refractivity contribution in [2.75, 3.05) is 25.1 Å². The molecule has 1 saturated heterocycles. The number of carbonyl (C=O) groups excluding carboxylic acids is 2. The molecule has 226 valence electrons. The average molecular weight is 583 g/mol. The SMILES string of the molecule is CCc1c[nH]c2c(N3CCCC3=O)cc(C(=O)N[C@@H](Cc3ccccc3)[C@@H](O)CNC(C)(C)c3cccc(OC)c3)cc12. The molecule has 43 heavy (non-hydrogen) atoms. The quantitative estimate of drug-likeness (QED) is 0.186. The number of anilines is 1. The zero-order valence-electron chi connectivity index (χ0n) is 25.4. The fraction of sp³-hybridized carbons (Fsp3) is 0.371. The van der Waals surface area contributed by atoms with Gasteiger partial charge in [0.1, 0.15) is 5.75 Å². The van der Waals surface area contributed by atoms with Crippen LogP contribution in [0.25, 0.3) is 10.9 Å². The van der Waals surface area contributed by atoms with Gasteiger partial charge in [-0.3, -0.25) is 9.59 Å². The molecule has 0 radical (unpaired) electrons. The lowest BCUT2D eigenvalue weighted by molar-refractivity contribution is -0.117. The maximum atomic E-state index is 13.9. The fourth-order valence-electron chi connectivity index (χ4n) is 5.83.